The summed E-state index contributed by atoms with van der Waals surface area (Å²) in [6.45, 7) is 5.11. The lowest BCUT2D eigenvalue weighted by Crippen LogP contribution is -2.32. The Morgan fingerprint density at radius 2 is 1.69 bits per heavy atom. The number of nitro benzene ring substituents is 1. The number of carbonyl (C=O) groups excluding carboxylic acids is 1. The molecule has 2 aromatic carbocycles. The zero-order valence-corrected chi connectivity index (χ0v) is 16.8. The lowest BCUT2D eigenvalue weighted by molar-refractivity contribution is -0.384. The van der Waals surface area contributed by atoms with Crippen LogP contribution in [0.25, 0.3) is 0 Å². The van der Waals surface area contributed by atoms with Crippen molar-refractivity contribution in [2.75, 3.05) is 35.2 Å². The highest BCUT2D eigenvalue weighted by Gasteiger charge is 2.15. The maximum Gasteiger partial charge on any atom is 0.269 e. The number of carbonyl (C=O) groups is 1. The van der Waals surface area contributed by atoms with Crippen molar-refractivity contribution >= 4 is 28.7 Å². The Balaban J connectivity index is 1.37. The number of piperidine rings is 1. The summed E-state index contributed by atoms with van der Waals surface area (Å²) in [6, 6.07) is 14.3. The molecule has 1 heterocycles. The molecule has 1 aliphatic rings. The highest BCUT2D eigenvalue weighted by atomic mass is 16.6. The first-order valence-electron chi connectivity index (χ1n) is 10.1. The first-order valence-corrected chi connectivity index (χ1v) is 10.1. The van der Waals surface area contributed by atoms with E-state index >= 15 is 0 Å². The molecule has 0 radical (unpaired) electrons. The molecule has 0 bridgehead atoms. The smallest absolute Gasteiger partial charge is 0.269 e. The van der Waals surface area contributed by atoms with Crippen molar-refractivity contribution in [3.63, 3.8) is 0 Å². The van der Waals surface area contributed by atoms with E-state index in [9.17, 15) is 14.9 Å². The summed E-state index contributed by atoms with van der Waals surface area (Å²) in [6.07, 6.45) is 3.54. The summed E-state index contributed by atoms with van der Waals surface area (Å²) < 4.78 is 0. The van der Waals surface area contributed by atoms with Gasteiger partial charge in [-0.05, 0) is 61.6 Å². The maximum absolute atomic E-state index is 12.1. The van der Waals surface area contributed by atoms with Crippen molar-refractivity contribution in [3.8, 4) is 0 Å². The van der Waals surface area contributed by atoms with E-state index in [0.29, 0.717) is 19.4 Å². The van der Waals surface area contributed by atoms with E-state index in [1.807, 2.05) is 12.1 Å². The van der Waals surface area contributed by atoms with Crippen LogP contribution in [0.4, 0.5) is 22.7 Å². The summed E-state index contributed by atoms with van der Waals surface area (Å²) in [4.78, 5) is 24.8. The summed E-state index contributed by atoms with van der Waals surface area (Å²) >= 11 is 0. The molecule has 7 nitrogen and oxygen atoms in total. The maximum atomic E-state index is 12.1. The van der Waals surface area contributed by atoms with Gasteiger partial charge in [-0.3, -0.25) is 14.9 Å². The minimum atomic E-state index is -0.423. The summed E-state index contributed by atoms with van der Waals surface area (Å²) in [5.74, 6) is 0.787. The van der Waals surface area contributed by atoms with Crippen molar-refractivity contribution < 1.29 is 9.72 Å². The van der Waals surface area contributed by atoms with Gasteiger partial charge in [0.2, 0.25) is 5.91 Å². The zero-order valence-electron chi connectivity index (χ0n) is 16.8. The van der Waals surface area contributed by atoms with Gasteiger partial charge in [-0.15, -0.1) is 0 Å². The minimum Gasteiger partial charge on any atom is -0.385 e. The van der Waals surface area contributed by atoms with Crippen LogP contribution in [-0.2, 0) is 4.79 Å². The fourth-order valence-corrected chi connectivity index (χ4v) is 3.43. The molecule has 1 fully saturated rings. The standard InChI is InChI=1S/C22H28N4O3/c1-17-12-15-25(16-13-17)20-8-6-19(7-9-20)24-22(27)3-2-14-23-18-4-10-21(11-5-18)26(28)29/h4-11,17,23H,2-3,12-16H2,1H3,(H,24,27). The summed E-state index contributed by atoms with van der Waals surface area (Å²) in [7, 11) is 0. The van der Waals surface area contributed by atoms with E-state index < -0.39 is 4.92 Å². The molecule has 2 aromatic rings. The van der Waals surface area contributed by atoms with Gasteiger partial charge in [0.15, 0.2) is 0 Å². The molecule has 0 spiro atoms. The number of hydrogen-bond acceptors (Lipinski definition) is 5. The molecule has 0 aliphatic carbocycles. The third-order valence-electron chi connectivity index (χ3n) is 5.29. The number of non-ortho nitro benzene ring substituents is 1. The molecule has 0 saturated carbocycles. The molecule has 3 rings (SSSR count). The van der Waals surface area contributed by atoms with Gasteiger partial charge in [0.25, 0.3) is 5.69 Å². The predicted octanol–water partition coefficient (Wildman–Crippen LogP) is 4.66. The van der Waals surface area contributed by atoms with Crippen LogP contribution in [0.2, 0.25) is 0 Å². The number of nitrogens with zero attached hydrogens (tertiary/aromatic N) is 2. The Hall–Kier alpha value is -3.09. The Morgan fingerprint density at radius 1 is 1.07 bits per heavy atom. The van der Waals surface area contributed by atoms with Crippen LogP contribution in [0.3, 0.4) is 0 Å². The van der Waals surface area contributed by atoms with Gasteiger partial charge in [-0.25, -0.2) is 0 Å². The van der Waals surface area contributed by atoms with Gasteiger partial charge >= 0.3 is 0 Å². The average Bonchev–Trinajstić information content (AvgIpc) is 2.73. The molecule has 7 heteroatoms. The van der Waals surface area contributed by atoms with Crippen LogP contribution in [0.15, 0.2) is 48.5 Å². The largest absolute Gasteiger partial charge is 0.385 e. The van der Waals surface area contributed by atoms with Crippen molar-refractivity contribution in [3.05, 3.63) is 58.6 Å². The highest BCUT2D eigenvalue weighted by molar-refractivity contribution is 5.90. The van der Waals surface area contributed by atoms with Crippen molar-refractivity contribution in [2.24, 2.45) is 5.92 Å². The number of nitrogens with one attached hydrogen (secondary N) is 2. The van der Waals surface area contributed by atoms with E-state index in [2.05, 4.69) is 34.6 Å². The van der Waals surface area contributed by atoms with E-state index in [4.69, 9.17) is 0 Å². The Labute approximate surface area is 171 Å². The van der Waals surface area contributed by atoms with Crippen molar-refractivity contribution in [1.29, 1.82) is 0 Å². The van der Waals surface area contributed by atoms with E-state index in [0.717, 1.165) is 30.4 Å². The van der Waals surface area contributed by atoms with Gasteiger partial charge in [-0.2, -0.15) is 0 Å². The summed E-state index contributed by atoms with van der Waals surface area (Å²) in [5.41, 5.74) is 2.89. The topological polar surface area (TPSA) is 87.5 Å². The molecule has 2 N–H and O–H groups in total. The van der Waals surface area contributed by atoms with Gasteiger partial charge in [0.05, 0.1) is 4.92 Å². The quantitative estimate of drug-likeness (QED) is 0.385. The van der Waals surface area contributed by atoms with Gasteiger partial charge in [0.1, 0.15) is 0 Å². The summed E-state index contributed by atoms with van der Waals surface area (Å²) in [5, 5.41) is 16.8. The molecule has 0 unspecified atom stereocenters. The molecule has 1 amide bonds. The molecule has 1 saturated heterocycles. The monoisotopic (exact) mass is 396 g/mol. The van der Waals surface area contributed by atoms with Gasteiger partial charge in [0, 0.05) is 55.2 Å². The minimum absolute atomic E-state index is 0.0185. The second-order valence-corrected chi connectivity index (χ2v) is 7.60. The Bertz CT molecular complexity index is 813. The predicted molar refractivity (Wildman–Crippen MR) is 117 cm³/mol. The molecule has 0 atom stereocenters. The lowest BCUT2D eigenvalue weighted by atomic mass is 9.99. The van der Waals surface area contributed by atoms with Crippen molar-refractivity contribution in [1.82, 2.24) is 0 Å². The number of benzene rings is 2. The van der Waals surface area contributed by atoms with Gasteiger partial charge in [-0.1, -0.05) is 6.92 Å². The van der Waals surface area contributed by atoms with Crippen LogP contribution in [0, 0.1) is 16.0 Å². The second-order valence-electron chi connectivity index (χ2n) is 7.60. The number of nitro groups is 1. The lowest BCUT2D eigenvalue weighted by Gasteiger charge is -2.32. The third kappa shape index (κ3) is 6.20. The van der Waals surface area contributed by atoms with E-state index in [1.54, 1.807) is 12.1 Å². The molecular formula is C22H28N4O3. The number of hydrogen-bond donors (Lipinski definition) is 2. The second kappa shape index (κ2) is 9.91. The van der Waals surface area contributed by atoms with Crippen LogP contribution in [0.1, 0.15) is 32.6 Å². The zero-order chi connectivity index (χ0) is 20.6. The Morgan fingerprint density at radius 3 is 2.31 bits per heavy atom. The van der Waals surface area contributed by atoms with Crippen LogP contribution in [-0.4, -0.2) is 30.5 Å². The molecule has 154 valence electrons. The number of rotatable bonds is 8. The van der Waals surface area contributed by atoms with Crippen LogP contribution in [0.5, 0.6) is 0 Å². The number of anilines is 3. The normalized spacial score (nSPS) is 14.4. The Kier molecular flexibility index (Phi) is 7.05. The molecule has 1 aliphatic heterocycles. The first-order chi connectivity index (χ1) is 14.0. The van der Waals surface area contributed by atoms with E-state index in [1.165, 1.54) is 30.7 Å². The highest BCUT2D eigenvalue weighted by Crippen LogP contribution is 2.24. The van der Waals surface area contributed by atoms with Gasteiger partial charge < -0.3 is 15.5 Å². The SMILES string of the molecule is CC1CCN(c2ccc(NC(=O)CCCNc3ccc([N+](=O)[O-])cc3)cc2)CC1. The van der Waals surface area contributed by atoms with E-state index in [-0.39, 0.29) is 11.6 Å². The first kappa shape index (κ1) is 20.6. The molecule has 29 heavy (non-hydrogen) atoms. The molecule has 0 aromatic heterocycles. The fraction of sp³-hybridized carbons (Fsp3) is 0.409. The fourth-order valence-electron chi connectivity index (χ4n) is 3.43. The number of amides is 1. The van der Waals surface area contributed by atoms with Crippen LogP contribution < -0.4 is 15.5 Å². The third-order valence-corrected chi connectivity index (χ3v) is 5.29. The van der Waals surface area contributed by atoms with Crippen LogP contribution >= 0.6 is 0 Å². The average molecular weight is 396 g/mol. The van der Waals surface area contributed by atoms with Crippen molar-refractivity contribution in [2.45, 2.75) is 32.6 Å². The molecular weight excluding hydrogens is 368 g/mol.